The molecular formula is C20H29F3N4O3. The standard InChI is InChI=1S/C20H29F3N4O3/c1-3-24-18(26-15-9-12-27(13-10-15)19(28)29-4-2)25-11-14-30-17-8-6-5-7-16(17)20(21,22)23/h5-8,15H,3-4,9-14H2,1-2H3,(H2,24,25,26). The summed E-state index contributed by atoms with van der Waals surface area (Å²) in [5.41, 5.74) is -0.799. The molecule has 1 aliphatic heterocycles. The Labute approximate surface area is 174 Å². The Bertz CT molecular complexity index is 705. The Balaban J connectivity index is 1.84. The fourth-order valence-corrected chi connectivity index (χ4v) is 3.07. The molecule has 1 fully saturated rings. The second-order valence-corrected chi connectivity index (χ2v) is 6.71. The number of rotatable bonds is 7. The zero-order valence-electron chi connectivity index (χ0n) is 17.3. The van der Waals surface area contributed by atoms with Crippen LogP contribution in [0.3, 0.4) is 0 Å². The first-order valence-electron chi connectivity index (χ1n) is 10.1. The number of hydrogen-bond donors (Lipinski definition) is 2. The summed E-state index contributed by atoms with van der Waals surface area (Å²) in [6.45, 7) is 6.09. The van der Waals surface area contributed by atoms with Gasteiger partial charge >= 0.3 is 12.3 Å². The van der Waals surface area contributed by atoms with E-state index in [0.29, 0.717) is 32.2 Å². The number of carbonyl (C=O) groups excluding carboxylic acids is 1. The third kappa shape index (κ3) is 7.31. The maximum atomic E-state index is 13.0. The predicted octanol–water partition coefficient (Wildman–Crippen LogP) is 3.26. The Hall–Kier alpha value is -2.65. The molecule has 1 heterocycles. The minimum atomic E-state index is -4.46. The van der Waals surface area contributed by atoms with Crippen LogP contribution in [0.15, 0.2) is 29.3 Å². The molecule has 0 aromatic heterocycles. The van der Waals surface area contributed by atoms with Crippen molar-refractivity contribution in [3.8, 4) is 5.75 Å². The summed E-state index contributed by atoms with van der Waals surface area (Å²) in [4.78, 5) is 17.8. The summed E-state index contributed by atoms with van der Waals surface area (Å²) in [6, 6.07) is 5.26. The van der Waals surface area contributed by atoms with Crippen LogP contribution in [0.25, 0.3) is 0 Å². The number of nitrogens with zero attached hydrogens (tertiary/aromatic N) is 2. The Morgan fingerprint density at radius 2 is 1.93 bits per heavy atom. The monoisotopic (exact) mass is 430 g/mol. The van der Waals surface area contributed by atoms with Crippen molar-refractivity contribution in [1.82, 2.24) is 15.5 Å². The number of piperidine rings is 1. The van der Waals surface area contributed by atoms with Crippen LogP contribution in [-0.2, 0) is 10.9 Å². The highest BCUT2D eigenvalue weighted by atomic mass is 19.4. The zero-order valence-corrected chi connectivity index (χ0v) is 17.3. The molecule has 0 spiro atoms. The van der Waals surface area contributed by atoms with Crippen molar-refractivity contribution in [2.45, 2.75) is 38.9 Å². The molecule has 0 saturated carbocycles. The van der Waals surface area contributed by atoms with E-state index in [2.05, 4.69) is 15.6 Å². The molecule has 0 atom stereocenters. The van der Waals surface area contributed by atoms with E-state index in [1.54, 1.807) is 11.8 Å². The smallest absolute Gasteiger partial charge is 0.419 e. The van der Waals surface area contributed by atoms with Crippen LogP contribution in [0.4, 0.5) is 18.0 Å². The number of guanidine groups is 1. The van der Waals surface area contributed by atoms with Gasteiger partial charge < -0.3 is 25.0 Å². The molecule has 0 unspecified atom stereocenters. The van der Waals surface area contributed by atoms with Crippen LogP contribution in [0.1, 0.15) is 32.3 Å². The number of carbonyl (C=O) groups is 1. The summed E-state index contributed by atoms with van der Waals surface area (Å²) in [5.74, 6) is 0.365. The fraction of sp³-hybridized carbons (Fsp3) is 0.600. The normalized spacial score (nSPS) is 15.6. The summed E-state index contributed by atoms with van der Waals surface area (Å²) in [5, 5.41) is 6.42. The first-order valence-corrected chi connectivity index (χ1v) is 10.1. The topological polar surface area (TPSA) is 75.2 Å². The molecule has 7 nitrogen and oxygen atoms in total. The van der Waals surface area contributed by atoms with Crippen LogP contribution in [-0.4, -0.2) is 62.4 Å². The molecule has 1 aliphatic rings. The van der Waals surface area contributed by atoms with Gasteiger partial charge in [-0.1, -0.05) is 12.1 Å². The van der Waals surface area contributed by atoms with E-state index >= 15 is 0 Å². The van der Waals surface area contributed by atoms with Crippen LogP contribution in [0.2, 0.25) is 0 Å². The molecule has 1 aromatic carbocycles. The van der Waals surface area contributed by atoms with Crippen molar-refractivity contribution in [3.63, 3.8) is 0 Å². The van der Waals surface area contributed by atoms with Gasteiger partial charge in [0.25, 0.3) is 0 Å². The number of amides is 1. The quantitative estimate of drug-likeness (QED) is 0.395. The molecule has 1 amide bonds. The highest BCUT2D eigenvalue weighted by Gasteiger charge is 2.34. The lowest BCUT2D eigenvalue weighted by molar-refractivity contribution is -0.138. The first-order chi connectivity index (χ1) is 14.3. The number of aliphatic imine (C=N–C) groups is 1. The maximum Gasteiger partial charge on any atom is 0.419 e. The summed E-state index contributed by atoms with van der Waals surface area (Å²) >= 11 is 0. The largest absolute Gasteiger partial charge is 0.491 e. The zero-order chi connectivity index (χ0) is 22.0. The van der Waals surface area contributed by atoms with Gasteiger partial charge in [-0.25, -0.2) is 9.79 Å². The van der Waals surface area contributed by atoms with E-state index in [9.17, 15) is 18.0 Å². The number of para-hydroxylation sites is 1. The van der Waals surface area contributed by atoms with Crippen molar-refractivity contribution in [2.24, 2.45) is 4.99 Å². The van der Waals surface area contributed by atoms with Crippen molar-refractivity contribution in [1.29, 1.82) is 0 Å². The Morgan fingerprint density at radius 3 is 2.57 bits per heavy atom. The summed E-state index contributed by atoms with van der Waals surface area (Å²) in [6.07, 6.45) is -3.26. The second kappa shape index (κ2) is 11.5. The fourth-order valence-electron chi connectivity index (χ4n) is 3.07. The maximum absolute atomic E-state index is 13.0. The van der Waals surface area contributed by atoms with E-state index in [1.807, 2.05) is 6.92 Å². The number of hydrogen-bond acceptors (Lipinski definition) is 4. The number of nitrogens with one attached hydrogen (secondary N) is 2. The molecule has 30 heavy (non-hydrogen) atoms. The molecule has 0 bridgehead atoms. The summed E-state index contributed by atoms with van der Waals surface area (Å²) < 4.78 is 49.3. The minimum absolute atomic E-state index is 0.0188. The number of halogens is 3. The number of benzene rings is 1. The van der Waals surface area contributed by atoms with Gasteiger partial charge in [-0.15, -0.1) is 0 Å². The molecular weight excluding hydrogens is 401 g/mol. The van der Waals surface area contributed by atoms with Gasteiger partial charge in [0.1, 0.15) is 12.4 Å². The van der Waals surface area contributed by atoms with Crippen LogP contribution in [0.5, 0.6) is 5.75 Å². The van der Waals surface area contributed by atoms with Gasteiger partial charge in [0.15, 0.2) is 5.96 Å². The van der Waals surface area contributed by atoms with Gasteiger partial charge in [0.05, 0.1) is 18.7 Å². The molecule has 0 aliphatic carbocycles. The van der Waals surface area contributed by atoms with E-state index in [0.717, 1.165) is 18.9 Å². The van der Waals surface area contributed by atoms with Gasteiger partial charge in [-0.05, 0) is 38.8 Å². The molecule has 1 aromatic rings. The number of ether oxygens (including phenoxy) is 2. The van der Waals surface area contributed by atoms with Crippen molar-refractivity contribution in [2.75, 3.05) is 39.4 Å². The number of likely N-dealkylation sites (tertiary alicyclic amines) is 1. The lowest BCUT2D eigenvalue weighted by Crippen LogP contribution is -2.50. The van der Waals surface area contributed by atoms with Crippen molar-refractivity contribution < 1.29 is 27.4 Å². The van der Waals surface area contributed by atoms with Crippen molar-refractivity contribution >= 4 is 12.1 Å². The van der Waals surface area contributed by atoms with Crippen LogP contribution < -0.4 is 15.4 Å². The van der Waals surface area contributed by atoms with Gasteiger partial charge in [-0.2, -0.15) is 13.2 Å². The van der Waals surface area contributed by atoms with Gasteiger partial charge in [0.2, 0.25) is 0 Å². The molecule has 0 radical (unpaired) electrons. The van der Waals surface area contributed by atoms with Gasteiger partial charge in [-0.3, -0.25) is 0 Å². The third-order valence-corrected chi connectivity index (χ3v) is 4.52. The second-order valence-electron chi connectivity index (χ2n) is 6.71. The SMILES string of the molecule is CCNC(=NCCOc1ccccc1C(F)(F)F)NC1CCN(C(=O)OCC)CC1. The lowest BCUT2D eigenvalue weighted by Gasteiger charge is -2.32. The predicted molar refractivity (Wildman–Crippen MR) is 108 cm³/mol. The molecule has 168 valence electrons. The van der Waals surface area contributed by atoms with E-state index in [4.69, 9.17) is 9.47 Å². The van der Waals surface area contributed by atoms with Gasteiger partial charge in [0, 0.05) is 25.7 Å². The summed E-state index contributed by atoms with van der Waals surface area (Å²) in [7, 11) is 0. The van der Waals surface area contributed by atoms with E-state index < -0.39 is 11.7 Å². The average Bonchev–Trinajstić information content (AvgIpc) is 2.71. The average molecular weight is 430 g/mol. The molecule has 10 heteroatoms. The molecule has 2 N–H and O–H groups in total. The minimum Gasteiger partial charge on any atom is -0.491 e. The van der Waals surface area contributed by atoms with Crippen molar-refractivity contribution in [3.05, 3.63) is 29.8 Å². The lowest BCUT2D eigenvalue weighted by atomic mass is 10.1. The highest BCUT2D eigenvalue weighted by molar-refractivity contribution is 5.80. The molecule has 2 rings (SSSR count). The first kappa shape index (κ1) is 23.6. The third-order valence-electron chi connectivity index (χ3n) is 4.52. The number of alkyl halides is 3. The van der Waals surface area contributed by atoms with Crippen LogP contribution in [0, 0.1) is 0 Å². The Kier molecular flexibility index (Phi) is 9.07. The van der Waals surface area contributed by atoms with E-state index in [1.165, 1.54) is 18.2 Å². The molecule has 1 saturated heterocycles. The Morgan fingerprint density at radius 1 is 1.23 bits per heavy atom. The van der Waals surface area contributed by atoms with Crippen LogP contribution >= 0.6 is 0 Å². The highest BCUT2D eigenvalue weighted by Crippen LogP contribution is 2.35. The van der Waals surface area contributed by atoms with E-state index in [-0.39, 0.29) is 31.0 Å².